The van der Waals surface area contributed by atoms with E-state index in [9.17, 15) is 0 Å². The first kappa shape index (κ1) is 16.1. The summed E-state index contributed by atoms with van der Waals surface area (Å²) in [5.74, 6) is 0. The van der Waals surface area contributed by atoms with Crippen molar-refractivity contribution in [1.29, 1.82) is 0 Å². The van der Waals surface area contributed by atoms with Gasteiger partial charge in [-0.3, -0.25) is 4.98 Å². The summed E-state index contributed by atoms with van der Waals surface area (Å²) >= 11 is 1.86. The molecule has 1 nitrogen and oxygen atoms in total. The largest absolute Gasteiger partial charge is 0.255 e. The summed E-state index contributed by atoms with van der Waals surface area (Å²) in [5, 5.41) is 0. The molecule has 0 spiro atoms. The highest BCUT2D eigenvalue weighted by Crippen LogP contribution is 2.31. The Morgan fingerprint density at radius 2 is 1.41 bits per heavy atom. The number of pyridine rings is 1. The van der Waals surface area contributed by atoms with Gasteiger partial charge in [-0.05, 0) is 44.4 Å². The first-order valence-corrected chi connectivity index (χ1v) is 7.25. The van der Waals surface area contributed by atoms with Gasteiger partial charge in [0.25, 0.3) is 0 Å². The number of aryl methyl sites for hydroxylation is 4. The maximum atomic E-state index is 4.47. The van der Waals surface area contributed by atoms with Crippen molar-refractivity contribution in [2.24, 2.45) is 0 Å². The average Bonchev–Trinajstić information content (AvgIpc) is 2.67. The highest BCUT2D eigenvalue weighted by molar-refractivity contribution is 7.19. The molecule has 0 N–H and O–H groups in total. The molecule has 2 rings (SSSR count). The second-order valence-corrected chi connectivity index (χ2v) is 4.75. The molecule has 2 heteroatoms. The molecule has 0 aliphatic rings. The van der Waals surface area contributed by atoms with Gasteiger partial charge in [-0.25, -0.2) is 0 Å². The number of nitrogens with zero attached hydrogens (tertiary/aromatic N) is 1. The Morgan fingerprint density at radius 1 is 0.882 bits per heavy atom. The molecule has 0 saturated heterocycles. The van der Waals surface area contributed by atoms with Crippen molar-refractivity contribution in [1.82, 2.24) is 4.98 Å². The second-order valence-electron chi connectivity index (χ2n) is 3.53. The number of fused-ring (bicyclic) bond motifs is 1. The SMILES string of the molecule is CC.CC.Cc1cnc2c(C)c(C)sc2c1C. The van der Waals surface area contributed by atoms with Crippen LogP contribution in [0.5, 0.6) is 0 Å². The van der Waals surface area contributed by atoms with Crippen LogP contribution in [-0.2, 0) is 0 Å². The predicted molar refractivity (Wildman–Crippen MR) is 81.3 cm³/mol. The minimum absolute atomic E-state index is 1.19. The summed E-state index contributed by atoms with van der Waals surface area (Å²) in [5.41, 5.74) is 5.19. The molecular formula is C15H25NS. The molecule has 2 aromatic rings. The van der Waals surface area contributed by atoms with E-state index in [1.807, 2.05) is 45.2 Å². The standard InChI is InChI=1S/C11H13NS.2C2H6/c1-6-5-12-10-8(3)9(4)13-11(10)7(6)2;2*1-2/h5H,1-4H3;2*1-2H3. The molecule has 0 amide bonds. The van der Waals surface area contributed by atoms with Crippen LogP contribution in [-0.4, -0.2) is 4.98 Å². The fourth-order valence-corrected chi connectivity index (χ4v) is 2.63. The molecule has 0 aliphatic heterocycles. The maximum absolute atomic E-state index is 4.47. The quantitative estimate of drug-likeness (QED) is 0.595. The van der Waals surface area contributed by atoms with Crippen LogP contribution in [0.15, 0.2) is 6.20 Å². The molecule has 0 unspecified atom stereocenters. The van der Waals surface area contributed by atoms with E-state index in [2.05, 4.69) is 32.7 Å². The van der Waals surface area contributed by atoms with Crippen molar-refractivity contribution in [3.63, 3.8) is 0 Å². The molecule has 0 bridgehead atoms. The third-order valence-corrected chi connectivity index (χ3v) is 3.99. The summed E-state index contributed by atoms with van der Waals surface area (Å²) < 4.78 is 1.36. The Balaban J connectivity index is 0.000000581. The zero-order chi connectivity index (χ0) is 13.6. The van der Waals surface area contributed by atoms with Gasteiger partial charge in [-0.1, -0.05) is 27.7 Å². The smallest absolute Gasteiger partial charge is 0.0844 e. The van der Waals surface area contributed by atoms with Crippen LogP contribution in [0.1, 0.15) is 49.3 Å². The van der Waals surface area contributed by atoms with Crippen LogP contribution < -0.4 is 0 Å². The van der Waals surface area contributed by atoms with E-state index in [1.165, 1.54) is 31.8 Å². The highest BCUT2D eigenvalue weighted by Gasteiger charge is 2.08. The number of hydrogen-bond acceptors (Lipinski definition) is 2. The number of rotatable bonds is 0. The predicted octanol–water partition coefficient (Wildman–Crippen LogP) is 5.58. The van der Waals surface area contributed by atoms with Gasteiger partial charge in [-0.15, -0.1) is 11.3 Å². The van der Waals surface area contributed by atoms with Crippen molar-refractivity contribution in [3.8, 4) is 0 Å². The molecule has 0 aromatic carbocycles. The van der Waals surface area contributed by atoms with Crippen molar-refractivity contribution >= 4 is 21.6 Å². The fraction of sp³-hybridized carbons (Fsp3) is 0.533. The van der Waals surface area contributed by atoms with Crippen LogP contribution in [0.25, 0.3) is 10.2 Å². The van der Waals surface area contributed by atoms with Crippen molar-refractivity contribution in [3.05, 3.63) is 27.8 Å². The van der Waals surface area contributed by atoms with Gasteiger partial charge in [0.2, 0.25) is 0 Å². The van der Waals surface area contributed by atoms with E-state index in [0.717, 1.165) is 0 Å². The van der Waals surface area contributed by atoms with Gasteiger partial charge in [0, 0.05) is 11.1 Å². The molecule has 2 aromatic heterocycles. The zero-order valence-corrected chi connectivity index (χ0v) is 13.2. The van der Waals surface area contributed by atoms with Crippen LogP contribution in [0, 0.1) is 27.7 Å². The Kier molecular flexibility index (Phi) is 7.05. The number of hydrogen-bond donors (Lipinski definition) is 0. The van der Waals surface area contributed by atoms with Gasteiger partial charge in [-0.2, -0.15) is 0 Å². The molecular weight excluding hydrogens is 226 g/mol. The lowest BCUT2D eigenvalue weighted by molar-refractivity contribution is 1.27. The fourth-order valence-electron chi connectivity index (χ4n) is 1.46. The molecule has 17 heavy (non-hydrogen) atoms. The highest BCUT2D eigenvalue weighted by atomic mass is 32.1. The summed E-state index contributed by atoms with van der Waals surface area (Å²) in [6.07, 6.45) is 1.97. The molecule has 0 radical (unpaired) electrons. The Bertz CT molecular complexity index is 469. The first-order valence-electron chi connectivity index (χ1n) is 6.43. The summed E-state index contributed by atoms with van der Waals surface area (Å²) in [6, 6.07) is 0. The van der Waals surface area contributed by atoms with Crippen LogP contribution in [0.3, 0.4) is 0 Å². The minimum Gasteiger partial charge on any atom is -0.255 e. The summed E-state index contributed by atoms with van der Waals surface area (Å²) in [6.45, 7) is 16.6. The average molecular weight is 251 g/mol. The number of aromatic nitrogens is 1. The topological polar surface area (TPSA) is 12.9 Å². The first-order chi connectivity index (χ1) is 8.11. The van der Waals surface area contributed by atoms with Crippen LogP contribution in [0.2, 0.25) is 0 Å². The lowest BCUT2D eigenvalue weighted by Crippen LogP contribution is -1.84. The maximum Gasteiger partial charge on any atom is 0.0844 e. The summed E-state index contributed by atoms with van der Waals surface area (Å²) in [7, 11) is 0. The van der Waals surface area contributed by atoms with Gasteiger partial charge in [0.1, 0.15) is 0 Å². The molecule has 2 heterocycles. The van der Waals surface area contributed by atoms with Crippen LogP contribution in [0.4, 0.5) is 0 Å². The number of thiophene rings is 1. The Morgan fingerprint density at radius 3 is 1.94 bits per heavy atom. The Labute approximate surface area is 110 Å². The van der Waals surface area contributed by atoms with Gasteiger partial charge < -0.3 is 0 Å². The second kappa shape index (κ2) is 7.44. The zero-order valence-electron chi connectivity index (χ0n) is 12.4. The molecule has 0 saturated carbocycles. The third-order valence-electron chi connectivity index (χ3n) is 2.67. The minimum atomic E-state index is 1.19. The van der Waals surface area contributed by atoms with E-state index in [0.29, 0.717) is 0 Å². The molecule has 0 aliphatic carbocycles. The van der Waals surface area contributed by atoms with E-state index in [-0.39, 0.29) is 0 Å². The Hall–Kier alpha value is -0.890. The van der Waals surface area contributed by atoms with E-state index in [1.54, 1.807) is 0 Å². The summed E-state index contributed by atoms with van der Waals surface area (Å²) in [4.78, 5) is 5.86. The lowest BCUT2D eigenvalue weighted by Gasteiger charge is -1.99. The van der Waals surface area contributed by atoms with Crippen molar-refractivity contribution < 1.29 is 0 Å². The molecule has 96 valence electrons. The van der Waals surface area contributed by atoms with E-state index < -0.39 is 0 Å². The lowest BCUT2D eigenvalue weighted by atomic mass is 10.1. The van der Waals surface area contributed by atoms with E-state index in [4.69, 9.17) is 0 Å². The monoisotopic (exact) mass is 251 g/mol. The van der Waals surface area contributed by atoms with Gasteiger partial charge in [0.05, 0.1) is 10.2 Å². The van der Waals surface area contributed by atoms with Gasteiger partial charge in [0.15, 0.2) is 0 Å². The van der Waals surface area contributed by atoms with Crippen molar-refractivity contribution in [2.75, 3.05) is 0 Å². The molecule has 0 atom stereocenters. The van der Waals surface area contributed by atoms with Gasteiger partial charge >= 0.3 is 0 Å². The third kappa shape index (κ3) is 3.29. The van der Waals surface area contributed by atoms with Crippen molar-refractivity contribution in [2.45, 2.75) is 55.4 Å². The molecule has 0 fully saturated rings. The van der Waals surface area contributed by atoms with E-state index >= 15 is 0 Å². The normalized spacial score (nSPS) is 9.18. The van der Waals surface area contributed by atoms with Crippen LogP contribution >= 0.6 is 11.3 Å².